The summed E-state index contributed by atoms with van der Waals surface area (Å²) in [5.74, 6) is 0.922. The van der Waals surface area contributed by atoms with Gasteiger partial charge in [0, 0.05) is 26.4 Å². The molecule has 1 aromatic heterocycles. The second kappa shape index (κ2) is 7.25. The van der Waals surface area contributed by atoms with E-state index in [-0.39, 0.29) is 5.91 Å². The Morgan fingerprint density at radius 2 is 1.95 bits per heavy atom. The van der Waals surface area contributed by atoms with Crippen molar-refractivity contribution >= 4 is 17.0 Å². The lowest BCUT2D eigenvalue weighted by molar-refractivity contribution is -0.131. The van der Waals surface area contributed by atoms with Crippen LogP contribution in [0, 0.1) is 6.92 Å². The van der Waals surface area contributed by atoms with Gasteiger partial charge < -0.3 is 9.32 Å². The van der Waals surface area contributed by atoms with E-state index in [1.807, 2.05) is 30.0 Å². The van der Waals surface area contributed by atoms with Crippen molar-refractivity contribution in [1.82, 2.24) is 9.88 Å². The Hall–Kier alpha value is -1.84. The first-order chi connectivity index (χ1) is 10.1. The minimum atomic E-state index is 0.245. The fraction of sp³-hybridized carbons (Fsp3) is 0.529. The minimum Gasteiger partial charge on any atom is -0.441 e. The van der Waals surface area contributed by atoms with Crippen LogP contribution in [-0.4, -0.2) is 28.9 Å². The lowest BCUT2D eigenvalue weighted by atomic mass is 10.1. The normalized spacial score (nSPS) is 11.0. The highest BCUT2D eigenvalue weighted by molar-refractivity contribution is 5.77. The molecule has 0 radical (unpaired) electrons. The molecule has 4 heteroatoms. The molecule has 2 rings (SSSR count). The number of oxazole rings is 1. The van der Waals surface area contributed by atoms with Gasteiger partial charge in [0.1, 0.15) is 5.52 Å². The predicted molar refractivity (Wildman–Crippen MR) is 84.2 cm³/mol. The summed E-state index contributed by atoms with van der Waals surface area (Å²) < 4.78 is 5.46. The summed E-state index contributed by atoms with van der Waals surface area (Å²) in [6.45, 7) is 7.77. The number of fused-ring (bicyclic) bond motifs is 1. The molecule has 0 aliphatic carbocycles. The standard InChI is InChI=1S/C17H24N2O2/c1-4-10-19(11-5-2)17(20)9-7-14-6-8-16-15(12-14)18-13(3)21-16/h6,8,12H,4-5,7,9-11H2,1-3H3. The van der Waals surface area contributed by atoms with Gasteiger partial charge in [-0.3, -0.25) is 4.79 Å². The molecule has 21 heavy (non-hydrogen) atoms. The summed E-state index contributed by atoms with van der Waals surface area (Å²) >= 11 is 0. The highest BCUT2D eigenvalue weighted by atomic mass is 16.3. The third-order valence-electron chi connectivity index (χ3n) is 3.53. The molecule has 0 saturated carbocycles. The van der Waals surface area contributed by atoms with Crippen LogP contribution in [0.3, 0.4) is 0 Å². The summed E-state index contributed by atoms with van der Waals surface area (Å²) in [6, 6.07) is 5.97. The quantitative estimate of drug-likeness (QED) is 0.780. The van der Waals surface area contributed by atoms with E-state index < -0.39 is 0 Å². The first-order valence-electron chi connectivity index (χ1n) is 7.78. The molecule has 4 nitrogen and oxygen atoms in total. The third kappa shape index (κ3) is 4.06. The van der Waals surface area contributed by atoms with Crippen molar-refractivity contribution in [2.24, 2.45) is 0 Å². The van der Waals surface area contributed by atoms with E-state index in [0.29, 0.717) is 12.3 Å². The zero-order valence-corrected chi connectivity index (χ0v) is 13.2. The van der Waals surface area contributed by atoms with Crippen LogP contribution in [0.1, 0.15) is 44.6 Å². The van der Waals surface area contributed by atoms with Crippen LogP contribution >= 0.6 is 0 Å². The summed E-state index contributed by atoms with van der Waals surface area (Å²) in [4.78, 5) is 18.6. The molecule has 1 aromatic carbocycles. The van der Waals surface area contributed by atoms with E-state index in [4.69, 9.17) is 4.42 Å². The molecular weight excluding hydrogens is 264 g/mol. The van der Waals surface area contributed by atoms with Crippen LogP contribution in [0.5, 0.6) is 0 Å². The summed E-state index contributed by atoms with van der Waals surface area (Å²) in [5, 5.41) is 0. The zero-order valence-electron chi connectivity index (χ0n) is 13.2. The number of hydrogen-bond donors (Lipinski definition) is 0. The predicted octanol–water partition coefficient (Wildman–Crippen LogP) is 3.72. The molecule has 0 aliphatic heterocycles. The van der Waals surface area contributed by atoms with Gasteiger partial charge in [-0.05, 0) is 37.0 Å². The van der Waals surface area contributed by atoms with Crippen LogP contribution < -0.4 is 0 Å². The van der Waals surface area contributed by atoms with E-state index in [2.05, 4.69) is 18.8 Å². The molecule has 0 bridgehead atoms. The van der Waals surface area contributed by atoms with Gasteiger partial charge in [0.25, 0.3) is 0 Å². The Kier molecular flexibility index (Phi) is 5.37. The van der Waals surface area contributed by atoms with E-state index in [1.165, 1.54) is 0 Å². The maximum Gasteiger partial charge on any atom is 0.222 e. The van der Waals surface area contributed by atoms with Crippen LogP contribution in [0.25, 0.3) is 11.1 Å². The van der Waals surface area contributed by atoms with Crippen LogP contribution in [-0.2, 0) is 11.2 Å². The van der Waals surface area contributed by atoms with Gasteiger partial charge in [0.15, 0.2) is 11.5 Å². The van der Waals surface area contributed by atoms with Crippen LogP contribution in [0.4, 0.5) is 0 Å². The fourth-order valence-electron chi connectivity index (χ4n) is 2.55. The topological polar surface area (TPSA) is 46.3 Å². The number of aromatic nitrogens is 1. The van der Waals surface area contributed by atoms with Gasteiger partial charge in [-0.1, -0.05) is 19.9 Å². The maximum atomic E-state index is 12.3. The van der Waals surface area contributed by atoms with Gasteiger partial charge in [0.05, 0.1) is 0 Å². The Morgan fingerprint density at radius 3 is 2.62 bits per heavy atom. The van der Waals surface area contributed by atoms with Crippen molar-refractivity contribution < 1.29 is 9.21 Å². The molecule has 0 N–H and O–H groups in total. The Bertz CT molecular complexity index is 598. The minimum absolute atomic E-state index is 0.245. The number of benzene rings is 1. The van der Waals surface area contributed by atoms with Crippen molar-refractivity contribution in [2.75, 3.05) is 13.1 Å². The van der Waals surface area contributed by atoms with Crippen molar-refractivity contribution in [3.8, 4) is 0 Å². The third-order valence-corrected chi connectivity index (χ3v) is 3.53. The van der Waals surface area contributed by atoms with Gasteiger partial charge >= 0.3 is 0 Å². The van der Waals surface area contributed by atoms with Crippen molar-refractivity contribution in [2.45, 2.75) is 46.5 Å². The largest absolute Gasteiger partial charge is 0.441 e. The van der Waals surface area contributed by atoms with Gasteiger partial charge in [-0.2, -0.15) is 0 Å². The van der Waals surface area contributed by atoms with Crippen LogP contribution in [0.15, 0.2) is 22.6 Å². The first kappa shape index (κ1) is 15.5. The number of carbonyl (C=O) groups excluding carboxylic acids is 1. The number of hydrogen-bond acceptors (Lipinski definition) is 3. The second-order valence-electron chi connectivity index (χ2n) is 5.42. The number of aryl methyl sites for hydroxylation is 2. The molecule has 2 aromatic rings. The van der Waals surface area contributed by atoms with Gasteiger partial charge in [0.2, 0.25) is 5.91 Å². The summed E-state index contributed by atoms with van der Waals surface area (Å²) in [6.07, 6.45) is 3.33. The lowest BCUT2D eigenvalue weighted by Gasteiger charge is -2.21. The Morgan fingerprint density at radius 1 is 1.24 bits per heavy atom. The molecule has 0 unspecified atom stereocenters. The summed E-state index contributed by atoms with van der Waals surface area (Å²) in [5.41, 5.74) is 2.81. The average Bonchev–Trinajstić information content (AvgIpc) is 2.83. The van der Waals surface area contributed by atoms with Crippen molar-refractivity contribution in [3.05, 3.63) is 29.7 Å². The fourth-order valence-corrected chi connectivity index (χ4v) is 2.55. The molecule has 0 atom stereocenters. The highest BCUT2D eigenvalue weighted by Gasteiger charge is 2.12. The number of amides is 1. The lowest BCUT2D eigenvalue weighted by Crippen LogP contribution is -2.32. The van der Waals surface area contributed by atoms with E-state index in [1.54, 1.807) is 0 Å². The Balaban J connectivity index is 1.98. The molecule has 0 fully saturated rings. The van der Waals surface area contributed by atoms with Crippen molar-refractivity contribution in [1.29, 1.82) is 0 Å². The molecular formula is C17H24N2O2. The molecule has 0 saturated heterocycles. The second-order valence-corrected chi connectivity index (χ2v) is 5.42. The number of rotatable bonds is 7. The Labute approximate surface area is 126 Å². The summed E-state index contributed by atoms with van der Waals surface area (Å²) in [7, 11) is 0. The smallest absolute Gasteiger partial charge is 0.222 e. The zero-order chi connectivity index (χ0) is 15.2. The molecule has 0 spiro atoms. The van der Waals surface area contributed by atoms with E-state index in [0.717, 1.165) is 49.0 Å². The van der Waals surface area contributed by atoms with Gasteiger partial charge in [-0.25, -0.2) is 4.98 Å². The van der Waals surface area contributed by atoms with Gasteiger partial charge in [-0.15, -0.1) is 0 Å². The molecule has 0 aliphatic rings. The van der Waals surface area contributed by atoms with E-state index in [9.17, 15) is 4.79 Å². The molecule has 1 heterocycles. The first-order valence-corrected chi connectivity index (χ1v) is 7.78. The van der Waals surface area contributed by atoms with Crippen LogP contribution in [0.2, 0.25) is 0 Å². The highest BCUT2D eigenvalue weighted by Crippen LogP contribution is 2.18. The SMILES string of the molecule is CCCN(CCC)C(=O)CCc1ccc2oc(C)nc2c1. The number of carbonyl (C=O) groups is 1. The average molecular weight is 288 g/mol. The maximum absolute atomic E-state index is 12.3. The number of nitrogens with zero attached hydrogens (tertiary/aromatic N) is 2. The molecule has 1 amide bonds. The van der Waals surface area contributed by atoms with Crippen molar-refractivity contribution in [3.63, 3.8) is 0 Å². The monoisotopic (exact) mass is 288 g/mol. The molecule has 114 valence electrons. The van der Waals surface area contributed by atoms with E-state index >= 15 is 0 Å².